The lowest BCUT2D eigenvalue weighted by atomic mass is 9.99. The van der Waals surface area contributed by atoms with Crippen molar-refractivity contribution in [3.8, 4) is 28.1 Å². The summed E-state index contributed by atoms with van der Waals surface area (Å²) < 4.78 is 69.3. The molecule has 282 valence electrons. The van der Waals surface area contributed by atoms with Crippen LogP contribution in [0.25, 0.3) is 44.5 Å². The van der Waals surface area contributed by atoms with Gasteiger partial charge in [0, 0.05) is 31.9 Å². The molecule has 1 fully saturated rings. The molecular formula is C38H40FN7O7S. The summed E-state index contributed by atoms with van der Waals surface area (Å²) in [4.78, 5) is 32.2. The SMILES string of the molecule is CC1COc2ccc(cc2)-c2c(-c3cn(C)nc3F)n(S(=O)(=O)c3ccccc3)c3ncc4c(c23)n(c(=O)n4C)[C@H]2C[C@H](NC(=O)OC(C)(C)C)[C@@H](C2)O1. The van der Waals surface area contributed by atoms with Crippen LogP contribution in [-0.2, 0) is 33.6 Å². The highest BCUT2D eigenvalue weighted by atomic mass is 32.2. The molecule has 0 radical (unpaired) electrons. The maximum Gasteiger partial charge on any atom is 0.407 e. The van der Waals surface area contributed by atoms with Gasteiger partial charge in [0.1, 0.15) is 18.0 Å². The van der Waals surface area contributed by atoms with E-state index in [1.165, 1.54) is 33.8 Å². The first-order chi connectivity index (χ1) is 25.6. The topological polar surface area (TPSA) is 153 Å². The van der Waals surface area contributed by atoms with Crippen LogP contribution in [0.5, 0.6) is 5.75 Å². The summed E-state index contributed by atoms with van der Waals surface area (Å²) in [5, 5.41) is 7.24. The van der Waals surface area contributed by atoms with Gasteiger partial charge in [0.05, 0.1) is 57.0 Å². The van der Waals surface area contributed by atoms with Crippen molar-refractivity contribution in [3.63, 3.8) is 0 Å². The Morgan fingerprint density at radius 2 is 1.78 bits per heavy atom. The average molecular weight is 758 g/mol. The number of aryl methyl sites for hydroxylation is 2. The highest BCUT2D eigenvalue weighted by Crippen LogP contribution is 2.47. The number of benzene rings is 2. The summed E-state index contributed by atoms with van der Waals surface area (Å²) in [6, 6.07) is 13.8. The maximum atomic E-state index is 16.0. The van der Waals surface area contributed by atoms with Crippen molar-refractivity contribution in [2.75, 3.05) is 6.61 Å². The van der Waals surface area contributed by atoms with Crippen LogP contribution in [0, 0.1) is 5.95 Å². The molecule has 4 aromatic heterocycles. The molecule has 1 saturated carbocycles. The van der Waals surface area contributed by atoms with Gasteiger partial charge < -0.3 is 19.5 Å². The number of nitrogens with one attached hydrogen (secondary N) is 1. The second-order valence-corrected chi connectivity index (χ2v) is 16.7. The van der Waals surface area contributed by atoms with Crippen molar-refractivity contribution in [3.05, 3.63) is 83.4 Å². The van der Waals surface area contributed by atoms with Crippen molar-refractivity contribution in [1.82, 2.24) is 33.2 Å². The van der Waals surface area contributed by atoms with Crippen LogP contribution in [0.1, 0.15) is 46.6 Å². The number of fused-ring (bicyclic) bond motifs is 5. The number of imidazole rings is 1. The third-order valence-corrected chi connectivity index (χ3v) is 11.6. The molecule has 4 bridgehead atoms. The second-order valence-electron chi connectivity index (χ2n) is 14.9. The van der Waals surface area contributed by atoms with E-state index in [1.807, 2.05) is 6.92 Å². The standard InChI is InChI=1S/C38H40FN7O7S/c1-21-20-51-24-14-12-22(13-15-24)30-31-33-28(44(6)37(48)45(33)23-16-27(29(17-23)52-21)41-36(47)53-38(2,3)4)18-40-35(31)46(32(30)26-19-43(5)42-34(26)39)54(49,50)25-10-8-7-9-11-25/h7-15,18-19,21,23,27,29H,16-17,20H2,1-6H3,(H,41,47)/t21?,23-,27-,29+/m0/s1. The molecule has 2 aromatic carbocycles. The minimum absolute atomic E-state index is 0.00792. The third-order valence-electron chi connectivity index (χ3n) is 9.89. The Morgan fingerprint density at radius 3 is 2.44 bits per heavy atom. The summed E-state index contributed by atoms with van der Waals surface area (Å²) >= 11 is 0. The van der Waals surface area contributed by atoms with E-state index in [-0.39, 0.29) is 40.5 Å². The zero-order valence-electron chi connectivity index (χ0n) is 30.6. The minimum Gasteiger partial charge on any atom is -0.491 e. The molecule has 1 N–H and O–H groups in total. The Labute approximate surface area is 310 Å². The molecule has 1 unspecified atom stereocenters. The summed E-state index contributed by atoms with van der Waals surface area (Å²) in [6.07, 6.45) is 1.93. The van der Waals surface area contributed by atoms with E-state index in [0.29, 0.717) is 39.7 Å². The predicted molar refractivity (Wildman–Crippen MR) is 198 cm³/mol. The highest BCUT2D eigenvalue weighted by molar-refractivity contribution is 7.90. The van der Waals surface area contributed by atoms with Crippen molar-refractivity contribution < 1.29 is 31.8 Å². The Hall–Kier alpha value is -5.48. The zero-order valence-corrected chi connectivity index (χ0v) is 31.4. The molecule has 54 heavy (non-hydrogen) atoms. The fourth-order valence-electron chi connectivity index (χ4n) is 7.67. The van der Waals surface area contributed by atoms with Gasteiger partial charge in [-0.1, -0.05) is 30.3 Å². The molecule has 16 heteroatoms. The number of ether oxygens (including phenoxy) is 3. The molecule has 3 aliphatic rings. The Bertz CT molecular complexity index is 2600. The maximum absolute atomic E-state index is 16.0. The molecule has 9 rings (SSSR count). The number of pyridine rings is 1. The molecule has 4 atom stereocenters. The molecule has 1 aliphatic carbocycles. The van der Waals surface area contributed by atoms with Crippen LogP contribution in [-0.4, -0.2) is 72.8 Å². The highest BCUT2D eigenvalue weighted by Gasteiger charge is 2.42. The van der Waals surface area contributed by atoms with Crippen molar-refractivity contribution in [1.29, 1.82) is 0 Å². The first kappa shape index (κ1) is 35.5. The quantitative estimate of drug-likeness (QED) is 0.245. The average Bonchev–Trinajstić information content (AvgIpc) is 3.83. The van der Waals surface area contributed by atoms with Gasteiger partial charge in [0.15, 0.2) is 5.65 Å². The summed E-state index contributed by atoms with van der Waals surface area (Å²) in [7, 11) is -1.28. The number of carbonyl (C=O) groups excluding carboxylic acids is 1. The minimum atomic E-state index is -4.45. The molecule has 6 aromatic rings. The number of halogens is 1. The Balaban J connectivity index is 1.48. The lowest BCUT2D eigenvalue weighted by Crippen LogP contribution is -2.44. The number of rotatable bonds is 4. The van der Waals surface area contributed by atoms with Crippen LogP contribution in [0.15, 0.2) is 76.7 Å². The van der Waals surface area contributed by atoms with Gasteiger partial charge in [-0.05, 0) is 70.4 Å². The molecular weight excluding hydrogens is 718 g/mol. The van der Waals surface area contributed by atoms with E-state index in [1.54, 1.807) is 81.9 Å². The van der Waals surface area contributed by atoms with Crippen LogP contribution in [0.2, 0.25) is 0 Å². The first-order valence-corrected chi connectivity index (χ1v) is 19.1. The van der Waals surface area contributed by atoms with E-state index in [9.17, 15) is 18.0 Å². The lowest BCUT2D eigenvalue weighted by molar-refractivity contribution is -0.0344. The van der Waals surface area contributed by atoms with Gasteiger partial charge in [-0.25, -0.2) is 27.0 Å². The van der Waals surface area contributed by atoms with Gasteiger partial charge in [0.2, 0.25) is 5.95 Å². The van der Waals surface area contributed by atoms with Crippen LogP contribution >= 0.6 is 0 Å². The van der Waals surface area contributed by atoms with Crippen molar-refractivity contribution in [2.45, 2.75) is 75.3 Å². The first-order valence-electron chi connectivity index (χ1n) is 17.6. The molecule has 1 amide bonds. The van der Waals surface area contributed by atoms with Gasteiger partial charge in [-0.2, -0.15) is 4.39 Å². The zero-order chi connectivity index (χ0) is 38.3. The van der Waals surface area contributed by atoms with Gasteiger partial charge in [-0.3, -0.25) is 13.8 Å². The lowest BCUT2D eigenvalue weighted by Gasteiger charge is -2.26. The number of hydrogen-bond acceptors (Lipinski definition) is 9. The molecule has 0 spiro atoms. The predicted octanol–water partition coefficient (Wildman–Crippen LogP) is 5.53. The Morgan fingerprint density at radius 1 is 1.06 bits per heavy atom. The monoisotopic (exact) mass is 757 g/mol. The van der Waals surface area contributed by atoms with E-state index in [0.717, 1.165) is 3.97 Å². The fourth-order valence-corrected chi connectivity index (χ4v) is 9.18. The van der Waals surface area contributed by atoms with Crippen LogP contribution in [0.3, 0.4) is 0 Å². The van der Waals surface area contributed by atoms with Gasteiger partial charge >= 0.3 is 11.8 Å². The number of hydrogen-bond donors (Lipinski definition) is 1. The summed E-state index contributed by atoms with van der Waals surface area (Å²) in [6.45, 7) is 7.38. The number of alkyl carbamates (subject to hydrolysis) is 1. The summed E-state index contributed by atoms with van der Waals surface area (Å²) in [5.74, 6) is -0.370. The smallest absolute Gasteiger partial charge is 0.407 e. The fraction of sp³-hybridized carbons (Fsp3) is 0.368. The van der Waals surface area contributed by atoms with E-state index >= 15 is 4.39 Å². The molecule has 0 saturated heterocycles. The van der Waals surface area contributed by atoms with Gasteiger partial charge in [-0.15, -0.1) is 5.10 Å². The number of nitrogens with zero attached hydrogens (tertiary/aromatic N) is 6. The number of amides is 1. The molecule has 14 nitrogen and oxygen atoms in total. The molecule has 6 heterocycles. The van der Waals surface area contributed by atoms with E-state index in [4.69, 9.17) is 19.2 Å². The van der Waals surface area contributed by atoms with Crippen molar-refractivity contribution in [2.24, 2.45) is 14.1 Å². The van der Waals surface area contributed by atoms with E-state index < -0.39 is 52.0 Å². The summed E-state index contributed by atoms with van der Waals surface area (Å²) in [5.41, 5.74) is 0.470. The Kier molecular flexibility index (Phi) is 8.45. The van der Waals surface area contributed by atoms with Gasteiger partial charge in [0.25, 0.3) is 10.0 Å². The third kappa shape index (κ3) is 5.93. The molecule has 2 aliphatic heterocycles. The largest absolute Gasteiger partial charge is 0.491 e. The second kappa shape index (κ2) is 12.8. The van der Waals surface area contributed by atoms with Crippen LogP contribution < -0.4 is 15.7 Å². The van der Waals surface area contributed by atoms with Crippen molar-refractivity contribution >= 4 is 38.2 Å². The van der Waals surface area contributed by atoms with Crippen LogP contribution in [0.4, 0.5) is 9.18 Å². The normalized spacial score (nSPS) is 20.3. The van der Waals surface area contributed by atoms with E-state index in [2.05, 4.69) is 10.4 Å². The number of carbonyl (C=O) groups is 1. The number of aromatic nitrogens is 6.